The van der Waals surface area contributed by atoms with E-state index < -0.39 is 5.41 Å². The fourth-order valence-electron chi connectivity index (χ4n) is 9.05. The summed E-state index contributed by atoms with van der Waals surface area (Å²) in [5.41, 5.74) is 15.4. The minimum absolute atomic E-state index is 0.512. The standard InChI is InChI=1S/C46H29N3/c1-2-14-29(15-3-1)44-35-19-5-9-25-39(35)47-42(48-44)28-30-16-12-20-33-31-17-4-7-22-36(31)46(43(30)33)37-23-8-11-27-41(37)49-40-26-10-6-18-32(40)34-21-13-24-38(46)45(34)49/h1-27H,28H2. The van der Waals surface area contributed by atoms with Gasteiger partial charge in [0, 0.05) is 28.1 Å². The molecule has 0 amide bonds. The van der Waals surface area contributed by atoms with Crippen LogP contribution in [0.4, 0.5) is 0 Å². The maximum atomic E-state index is 5.31. The number of hydrogen-bond donors (Lipinski definition) is 0. The lowest BCUT2D eigenvalue weighted by atomic mass is 9.64. The summed E-state index contributed by atoms with van der Waals surface area (Å²) in [6.45, 7) is 0. The summed E-state index contributed by atoms with van der Waals surface area (Å²) in [6, 6.07) is 59.6. The van der Waals surface area contributed by atoms with E-state index in [1.807, 2.05) is 0 Å². The molecule has 228 valence electrons. The molecule has 1 atom stereocenters. The Bertz CT molecular complexity index is 2810. The van der Waals surface area contributed by atoms with Gasteiger partial charge in [-0.25, -0.2) is 9.97 Å². The fraction of sp³-hybridized carbons (Fsp3) is 0.0435. The Kier molecular flexibility index (Phi) is 5.37. The molecule has 1 unspecified atom stereocenters. The quantitative estimate of drug-likeness (QED) is 0.196. The first-order chi connectivity index (χ1) is 24.3. The van der Waals surface area contributed by atoms with Crippen molar-refractivity contribution >= 4 is 32.7 Å². The predicted octanol–water partition coefficient (Wildman–Crippen LogP) is 10.7. The van der Waals surface area contributed by atoms with Crippen LogP contribution in [-0.4, -0.2) is 14.5 Å². The molecule has 0 bridgehead atoms. The molecular weight excluding hydrogens is 595 g/mol. The first kappa shape index (κ1) is 26.7. The molecule has 7 aromatic carbocycles. The summed E-state index contributed by atoms with van der Waals surface area (Å²) in [4.78, 5) is 10.5. The summed E-state index contributed by atoms with van der Waals surface area (Å²) < 4.78 is 2.50. The highest BCUT2D eigenvalue weighted by molar-refractivity contribution is 6.12. The van der Waals surface area contributed by atoms with E-state index in [-0.39, 0.29) is 0 Å². The average molecular weight is 624 g/mol. The van der Waals surface area contributed by atoms with Crippen molar-refractivity contribution in [1.29, 1.82) is 0 Å². The number of benzene rings is 7. The molecule has 0 saturated heterocycles. The van der Waals surface area contributed by atoms with Gasteiger partial charge in [0.05, 0.1) is 33.3 Å². The number of nitrogens with zero attached hydrogens (tertiary/aromatic N) is 3. The van der Waals surface area contributed by atoms with Crippen LogP contribution in [0, 0.1) is 0 Å². The molecule has 0 saturated carbocycles. The smallest absolute Gasteiger partial charge is 0.134 e. The lowest BCUT2D eigenvalue weighted by Crippen LogP contribution is -2.34. The van der Waals surface area contributed by atoms with Gasteiger partial charge >= 0.3 is 0 Å². The molecule has 3 heterocycles. The van der Waals surface area contributed by atoms with Gasteiger partial charge in [-0.1, -0.05) is 146 Å². The van der Waals surface area contributed by atoms with E-state index in [1.54, 1.807) is 0 Å². The molecule has 2 aliphatic rings. The second kappa shape index (κ2) is 9.85. The van der Waals surface area contributed by atoms with Gasteiger partial charge in [0.1, 0.15) is 5.82 Å². The number of rotatable bonds is 3. The van der Waals surface area contributed by atoms with Gasteiger partial charge in [0.25, 0.3) is 0 Å². The summed E-state index contributed by atoms with van der Waals surface area (Å²) >= 11 is 0. The second-order valence-electron chi connectivity index (χ2n) is 13.3. The normalized spacial score (nSPS) is 15.5. The zero-order valence-electron chi connectivity index (χ0n) is 26.6. The molecule has 3 heteroatoms. The largest absolute Gasteiger partial charge is 0.309 e. The Labute approximate surface area is 283 Å². The molecule has 0 fully saturated rings. The van der Waals surface area contributed by atoms with Crippen LogP contribution in [0.1, 0.15) is 33.6 Å². The summed E-state index contributed by atoms with van der Waals surface area (Å²) in [5, 5.41) is 3.64. The third kappa shape index (κ3) is 3.46. The van der Waals surface area contributed by atoms with Crippen molar-refractivity contribution in [2.24, 2.45) is 0 Å². The maximum absolute atomic E-state index is 5.31. The first-order valence-electron chi connectivity index (χ1n) is 17.0. The minimum atomic E-state index is -0.512. The van der Waals surface area contributed by atoms with E-state index in [0.717, 1.165) is 28.0 Å². The fourth-order valence-corrected chi connectivity index (χ4v) is 9.05. The van der Waals surface area contributed by atoms with E-state index in [2.05, 4.69) is 168 Å². The van der Waals surface area contributed by atoms with Crippen molar-refractivity contribution in [3.05, 3.63) is 197 Å². The Morgan fingerprint density at radius 2 is 1.16 bits per heavy atom. The van der Waals surface area contributed by atoms with Gasteiger partial charge in [0.15, 0.2) is 0 Å². The second-order valence-corrected chi connectivity index (χ2v) is 13.3. The number of hydrogen-bond acceptors (Lipinski definition) is 2. The zero-order chi connectivity index (χ0) is 32.1. The molecule has 0 N–H and O–H groups in total. The monoisotopic (exact) mass is 623 g/mol. The molecule has 9 aromatic rings. The van der Waals surface area contributed by atoms with Gasteiger partial charge in [-0.05, 0) is 57.1 Å². The number of para-hydroxylation sites is 4. The van der Waals surface area contributed by atoms with Crippen molar-refractivity contribution in [3.8, 4) is 28.1 Å². The first-order valence-corrected chi connectivity index (χ1v) is 17.0. The van der Waals surface area contributed by atoms with Crippen LogP contribution >= 0.6 is 0 Å². The Balaban J connectivity index is 1.24. The molecule has 49 heavy (non-hydrogen) atoms. The third-order valence-corrected chi connectivity index (χ3v) is 10.8. The van der Waals surface area contributed by atoms with Crippen LogP contribution in [0.3, 0.4) is 0 Å². The number of aromatic nitrogens is 3. The van der Waals surface area contributed by atoms with Crippen molar-refractivity contribution in [3.63, 3.8) is 0 Å². The zero-order valence-corrected chi connectivity index (χ0v) is 26.6. The summed E-state index contributed by atoms with van der Waals surface area (Å²) in [7, 11) is 0. The van der Waals surface area contributed by atoms with Crippen LogP contribution in [0.15, 0.2) is 164 Å². The SMILES string of the molecule is c1ccc(-c2nc(Cc3cccc4c3C3(c5ccccc5-4)c4ccccc4-n4c5ccccc5c5cccc3c54)nc3ccccc23)cc1. The molecule has 2 aromatic heterocycles. The Morgan fingerprint density at radius 3 is 2.08 bits per heavy atom. The van der Waals surface area contributed by atoms with E-state index in [9.17, 15) is 0 Å². The van der Waals surface area contributed by atoms with E-state index >= 15 is 0 Å². The lowest BCUT2D eigenvalue weighted by Gasteiger charge is -2.40. The minimum Gasteiger partial charge on any atom is -0.309 e. The molecule has 1 aliphatic heterocycles. The van der Waals surface area contributed by atoms with Crippen LogP contribution < -0.4 is 0 Å². The van der Waals surface area contributed by atoms with Crippen LogP contribution in [0.5, 0.6) is 0 Å². The van der Waals surface area contributed by atoms with Crippen molar-refractivity contribution in [2.45, 2.75) is 11.8 Å². The highest BCUT2D eigenvalue weighted by atomic mass is 15.0. The molecule has 0 radical (unpaired) electrons. The lowest BCUT2D eigenvalue weighted by molar-refractivity contribution is 0.737. The van der Waals surface area contributed by atoms with Crippen LogP contribution in [0.25, 0.3) is 60.8 Å². The number of fused-ring (bicyclic) bond motifs is 13. The van der Waals surface area contributed by atoms with Gasteiger partial charge in [-0.2, -0.15) is 0 Å². The van der Waals surface area contributed by atoms with E-state index in [4.69, 9.17) is 9.97 Å². The summed E-state index contributed by atoms with van der Waals surface area (Å²) in [5.74, 6) is 0.827. The van der Waals surface area contributed by atoms with Crippen LogP contribution in [-0.2, 0) is 11.8 Å². The van der Waals surface area contributed by atoms with Crippen LogP contribution in [0.2, 0.25) is 0 Å². The molecule has 1 spiro atoms. The topological polar surface area (TPSA) is 30.7 Å². The molecule has 11 rings (SSSR count). The van der Waals surface area contributed by atoms with Gasteiger partial charge in [0.2, 0.25) is 0 Å². The van der Waals surface area contributed by atoms with E-state index in [1.165, 1.54) is 66.4 Å². The average Bonchev–Trinajstić information content (AvgIpc) is 3.66. The van der Waals surface area contributed by atoms with Crippen molar-refractivity contribution < 1.29 is 0 Å². The van der Waals surface area contributed by atoms with Crippen molar-refractivity contribution in [2.75, 3.05) is 0 Å². The van der Waals surface area contributed by atoms with Gasteiger partial charge in [-0.3, -0.25) is 0 Å². The van der Waals surface area contributed by atoms with E-state index in [0.29, 0.717) is 6.42 Å². The Morgan fingerprint density at radius 1 is 0.490 bits per heavy atom. The maximum Gasteiger partial charge on any atom is 0.134 e. The van der Waals surface area contributed by atoms with Gasteiger partial charge < -0.3 is 4.57 Å². The van der Waals surface area contributed by atoms with Crippen molar-refractivity contribution in [1.82, 2.24) is 14.5 Å². The molecule has 1 aliphatic carbocycles. The summed E-state index contributed by atoms with van der Waals surface area (Å²) in [6.07, 6.45) is 0.616. The molecule has 3 nitrogen and oxygen atoms in total. The third-order valence-electron chi connectivity index (χ3n) is 10.8. The predicted molar refractivity (Wildman–Crippen MR) is 199 cm³/mol. The molecular formula is C46H29N3. The Hall–Kier alpha value is -6.32. The highest BCUT2D eigenvalue weighted by Crippen LogP contribution is 2.61. The van der Waals surface area contributed by atoms with Gasteiger partial charge in [-0.15, -0.1) is 0 Å². The highest BCUT2D eigenvalue weighted by Gasteiger charge is 2.51.